The number of fused-ring (bicyclic) bond motifs is 2. The topological polar surface area (TPSA) is 38.1 Å². The van der Waals surface area contributed by atoms with Crippen LogP contribution >= 0.6 is 0 Å². The molecule has 0 amide bonds. The molecule has 5 rings (SSSR count). The van der Waals surface area contributed by atoms with Crippen LogP contribution in [0, 0.1) is 24.6 Å². The van der Waals surface area contributed by atoms with E-state index >= 15 is 0 Å². The Labute approximate surface area is 165 Å². The summed E-state index contributed by atoms with van der Waals surface area (Å²) >= 11 is 0. The first-order chi connectivity index (χ1) is 13.6. The number of aromatic nitrogens is 2. The van der Waals surface area contributed by atoms with Crippen molar-refractivity contribution < 1.29 is 4.39 Å². The molecule has 1 aromatic heterocycles. The third-order valence-electron chi connectivity index (χ3n) is 7.20. The van der Waals surface area contributed by atoms with Crippen molar-refractivity contribution in [3.05, 3.63) is 63.1 Å². The van der Waals surface area contributed by atoms with Crippen LogP contribution < -0.4 is 5.56 Å². The third-order valence-corrected chi connectivity index (χ3v) is 7.20. The molecule has 148 valence electrons. The molecule has 1 aliphatic carbocycles. The lowest BCUT2D eigenvalue weighted by Crippen LogP contribution is -2.34. The summed E-state index contributed by atoms with van der Waals surface area (Å²) in [6, 6.07) is 7.05. The van der Waals surface area contributed by atoms with E-state index in [0.717, 1.165) is 74.9 Å². The fourth-order valence-corrected chi connectivity index (χ4v) is 5.56. The van der Waals surface area contributed by atoms with Gasteiger partial charge >= 0.3 is 0 Å². The second-order valence-corrected chi connectivity index (χ2v) is 8.83. The largest absolute Gasteiger partial charge is 0.302 e. The minimum absolute atomic E-state index is 0.159. The van der Waals surface area contributed by atoms with E-state index < -0.39 is 0 Å². The molecule has 4 nitrogen and oxygen atoms in total. The summed E-state index contributed by atoms with van der Waals surface area (Å²) in [5.41, 5.74) is 3.29. The van der Waals surface area contributed by atoms with E-state index in [2.05, 4.69) is 4.90 Å². The van der Waals surface area contributed by atoms with Crippen molar-refractivity contribution >= 4 is 0 Å². The molecule has 2 aliphatic heterocycles. The highest BCUT2D eigenvalue weighted by Crippen LogP contribution is 2.51. The Kier molecular flexibility index (Phi) is 4.58. The Morgan fingerprint density at radius 3 is 2.82 bits per heavy atom. The first-order valence-corrected chi connectivity index (χ1v) is 10.7. The lowest BCUT2D eigenvalue weighted by atomic mass is 9.64. The summed E-state index contributed by atoms with van der Waals surface area (Å²) in [6.45, 7) is 5.96. The smallest absolute Gasteiger partial charge is 0.256 e. The second-order valence-electron chi connectivity index (χ2n) is 8.83. The Hall–Kier alpha value is -2.01. The van der Waals surface area contributed by atoms with Crippen LogP contribution in [0.5, 0.6) is 0 Å². The van der Waals surface area contributed by atoms with E-state index in [1.54, 1.807) is 12.1 Å². The minimum atomic E-state index is -0.159. The highest BCUT2D eigenvalue weighted by atomic mass is 19.1. The van der Waals surface area contributed by atoms with Crippen LogP contribution in [0.2, 0.25) is 0 Å². The minimum Gasteiger partial charge on any atom is -0.302 e. The van der Waals surface area contributed by atoms with Crippen LogP contribution in [0.1, 0.15) is 47.8 Å². The van der Waals surface area contributed by atoms with E-state index in [4.69, 9.17) is 4.98 Å². The molecule has 2 aromatic rings. The van der Waals surface area contributed by atoms with Crippen molar-refractivity contribution in [2.24, 2.45) is 11.8 Å². The zero-order chi connectivity index (χ0) is 19.3. The van der Waals surface area contributed by atoms with Gasteiger partial charge in [0, 0.05) is 43.9 Å². The first kappa shape index (κ1) is 18.0. The van der Waals surface area contributed by atoms with Crippen molar-refractivity contribution in [2.45, 2.75) is 51.5 Å². The molecule has 3 heterocycles. The fraction of sp³-hybridized carbons (Fsp3) is 0.565. The average molecular weight is 381 g/mol. The molecule has 0 radical (unpaired) electrons. The van der Waals surface area contributed by atoms with Gasteiger partial charge in [-0.05, 0) is 68.1 Å². The number of aryl methyl sites for hydroxylation is 2. The number of benzene rings is 1. The maximum atomic E-state index is 13.2. The van der Waals surface area contributed by atoms with Crippen molar-refractivity contribution in [1.29, 1.82) is 0 Å². The number of likely N-dealkylation sites (tertiary alicyclic amines) is 1. The Morgan fingerprint density at radius 2 is 2.00 bits per heavy atom. The monoisotopic (exact) mass is 381 g/mol. The summed E-state index contributed by atoms with van der Waals surface area (Å²) < 4.78 is 15.1. The molecular formula is C23H28FN3O. The van der Waals surface area contributed by atoms with Gasteiger partial charge in [0.2, 0.25) is 0 Å². The molecule has 0 bridgehead atoms. The summed E-state index contributed by atoms with van der Waals surface area (Å²) in [6.07, 6.45) is 5.14. The Morgan fingerprint density at radius 1 is 1.18 bits per heavy atom. The maximum absolute atomic E-state index is 13.2. The SMILES string of the molecule is Cc1nc2n(c(=O)c1CCN1CC3CC(c4ccc(F)cc4)C3C1)CCCC2. The summed E-state index contributed by atoms with van der Waals surface area (Å²) in [4.78, 5) is 20.2. The van der Waals surface area contributed by atoms with Gasteiger partial charge in [0.1, 0.15) is 11.6 Å². The molecule has 3 atom stereocenters. The fourth-order valence-electron chi connectivity index (χ4n) is 5.56. The van der Waals surface area contributed by atoms with Gasteiger partial charge in [0.15, 0.2) is 0 Å². The average Bonchev–Trinajstić information content (AvgIpc) is 2.99. The van der Waals surface area contributed by atoms with E-state index in [9.17, 15) is 9.18 Å². The predicted octanol–water partition coefficient (Wildman–Crippen LogP) is 3.31. The van der Waals surface area contributed by atoms with Crippen molar-refractivity contribution in [3.63, 3.8) is 0 Å². The third kappa shape index (κ3) is 3.10. The molecule has 1 aromatic carbocycles. The number of hydrogen-bond acceptors (Lipinski definition) is 3. The molecule has 3 unspecified atom stereocenters. The molecule has 1 saturated carbocycles. The van der Waals surface area contributed by atoms with Crippen LogP contribution in [0.4, 0.5) is 4.39 Å². The molecule has 3 aliphatic rings. The summed E-state index contributed by atoms with van der Waals surface area (Å²) in [7, 11) is 0. The quantitative estimate of drug-likeness (QED) is 0.816. The van der Waals surface area contributed by atoms with E-state index in [1.165, 1.54) is 12.0 Å². The lowest BCUT2D eigenvalue weighted by molar-refractivity contribution is 0.191. The number of rotatable bonds is 4. The van der Waals surface area contributed by atoms with Crippen LogP contribution in [0.3, 0.4) is 0 Å². The normalized spacial score (nSPS) is 26.6. The van der Waals surface area contributed by atoms with E-state index in [-0.39, 0.29) is 11.4 Å². The van der Waals surface area contributed by atoms with Crippen LogP contribution in [0.25, 0.3) is 0 Å². The van der Waals surface area contributed by atoms with Crippen molar-refractivity contribution in [2.75, 3.05) is 19.6 Å². The second kappa shape index (κ2) is 7.11. The summed E-state index contributed by atoms with van der Waals surface area (Å²) in [5, 5.41) is 0. The first-order valence-electron chi connectivity index (χ1n) is 10.7. The predicted molar refractivity (Wildman–Crippen MR) is 107 cm³/mol. The van der Waals surface area contributed by atoms with Gasteiger partial charge in [-0.15, -0.1) is 0 Å². The Balaban J connectivity index is 1.24. The lowest BCUT2D eigenvalue weighted by Gasteiger charge is -2.40. The zero-order valence-corrected chi connectivity index (χ0v) is 16.5. The van der Waals surface area contributed by atoms with E-state index in [0.29, 0.717) is 11.8 Å². The van der Waals surface area contributed by atoms with Gasteiger partial charge in [-0.3, -0.25) is 9.36 Å². The standard InChI is InChI=1S/C23H28FN3O/c1-15-19(23(28)27-10-3-2-4-22(27)25-15)9-11-26-13-17-12-20(21(17)14-26)16-5-7-18(24)8-6-16/h5-8,17,20-21H,2-4,9-14H2,1H3. The molecule has 2 fully saturated rings. The molecule has 0 spiro atoms. The molecule has 28 heavy (non-hydrogen) atoms. The van der Waals surface area contributed by atoms with Crippen LogP contribution in [0.15, 0.2) is 29.1 Å². The van der Waals surface area contributed by atoms with Gasteiger partial charge in [-0.1, -0.05) is 12.1 Å². The molecular weight excluding hydrogens is 353 g/mol. The molecule has 0 N–H and O–H groups in total. The highest BCUT2D eigenvalue weighted by molar-refractivity contribution is 5.26. The summed E-state index contributed by atoms with van der Waals surface area (Å²) in [5.74, 6) is 2.80. The van der Waals surface area contributed by atoms with Gasteiger partial charge < -0.3 is 4.90 Å². The zero-order valence-electron chi connectivity index (χ0n) is 16.5. The number of nitrogens with zero attached hydrogens (tertiary/aromatic N) is 3. The Bertz CT molecular complexity index is 936. The van der Waals surface area contributed by atoms with Crippen LogP contribution in [-0.4, -0.2) is 34.1 Å². The van der Waals surface area contributed by atoms with E-state index in [1.807, 2.05) is 23.6 Å². The van der Waals surface area contributed by atoms with Gasteiger partial charge in [0.05, 0.1) is 0 Å². The maximum Gasteiger partial charge on any atom is 0.256 e. The number of halogens is 1. The number of hydrogen-bond donors (Lipinski definition) is 0. The van der Waals surface area contributed by atoms with Gasteiger partial charge in [-0.25, -0.2) is 9.37 Å². The van der Waals surface area contributed by atoms with Gasteiger partial charge in [-0.2, -0.15) is 0 Å². The molecule has 1 saturated heterocycles. The highest BCUT2D eigenvalue weighted by Gasteiger charge is 2.47. The molecule has 5 heteroatoms. The van der Waals surface area contributed by atoms with Crippen LogP contribution in [-0.2, 0) is 19.4 Å². The van der Waals surface area contributed by atoms with Crippen molar-refractivity contribution in [1.82, 2.24) is 14.5 Å². The van der Waals surface area contributed by atoms with Gasteiger partial charge in [0.25, 0.3) is 5.56 Å². The van der Waals surface area contributed by atoms with Crippen molar-refractivity contribution in [3.8, 4) is 0 Å².